The third kappa shape index (κ3) is 3.00. The molecule has 23 heavy (non-hydrogen) atoms. The number of hydrogen-bond acceptors (Lipinski definition) is 6. The lowest BCUT2D eigenvalue weighted by atomic mass is 10.1. The lowest BCUT2D eigenvalue weighted by Crippen LogP contribution is -2.23. The number of methoxy groups -OCH3 is 1. The van der Waals surface area contributed by atoms with Gasteiger partial charge in [0.05, 0.1) is 30.1 Å². The van der Waals surface area contributed by atoms with Gasteiger partial charge in [-0.15, -0.1) is 0 Å². The van der Waals surface area contributed by atoms with E-state index in [9.17, 15) is 4.79 Å². The van der Waals surface area contributed by atoms with E-state index in [2.05, 4.69) is 41.2 Å². The maximum absolute atomic E-state index is 11.6. The first-order valence-electron chi connectivity index (χ1n) is 7.93. The van der Waals surface area contributed by atoms with Crippen LogP contribution in [0, 0.1) is 5.92 Å². The van der Waals surface area contributed by atoms with E-state index in [0.717, 1.165) is 36.1 Å². The predicted molar refractivity (Wildman–Crippen MR) is 87.1 cm³/mol. The molecule has 7 heteroatoms. The van der Waals surface area contributed by atoms with E-state index in [-0.39, 0.29) is 23.5 Å². The van der Waals surface area contributed by atoms with Crippen molar-refractivity contribution in [2.45, 2.75) is 51.6 Å². The van der Waals surface area contributed by atoms with Crippen LogP contribution in [0.25, 0.3) is 11.0 Å². The molecule has 0 amide bonds. The number of anilines is 1. The molecular formula is C16H23N5O2. The molecule has 2 aromatic heterocycles. The molecule has 1 saturated carbocycles. The first-order chi connectivity index (χ1) is 10.9. The Kier molecular flexibility index (Phi) is 3.95. The largest absolute Gasteiger partial charge is 0.469 e. The van der Waals surface area contributed by atoms with Crippen LogP contribution in [0.5, 0.6) is 0 Å². The van der Waals surface area contributed by atoms with Gasteiger partial charge in [-0.1, -0.05) is 0 Å². The molecule has 0 aromatic carbocycles. The summed E-state index contributed by atoms with van der Waals surface area (Å²) in [5.74, 6) is 0.635. The number of ether oxygens (including phenoxy) is 1. The van der Waals surface area contributed by atoms with Gasteiger partial charge in [0.15, 0.2) is 5.65 Å². The molecule has 0 unspecified atom stereocenters. The fraction of sp³-hybridized carbons (Fsp3) is 0.625. The third-order valence-electron chi connectivity index (χ3n) is 4.31. The summed E-state index contributed by atoms with van der Waals surface area (Å²) < 4.78 is 6.74. The molecule has 0 aliphatic heterocycles. The molecule has 0 saturated heterocycles. The molecule has 0 spiro atoms. The maximum Gasteiger partial charge on any atom is 0.308 e. The van der Waals surface area contributed by atoms with Crippen molar-refractivity contribution in [3.05, 3.63) is 12.5 Å². The Morgan fingerprint density at radius 2 is 2.13 bits per heavy atom. The van der Waals surface area contributed by atoms with Crippen molar-refractivity contribution in [1.29, 1.82) is 0 Å². The highest BCUT2D eigenvalue weighted by Gasteiger charge is 2.31. The van der Waals surface area contributed by atoms with Crippen LogP contribution < -0.4 is 5.32 Å². The summed E-state index contributed by atoms with van der Waals surface area (Å²) in [4.78, 5) is 20.4. The maximum atomic E-state index is 11.6. The Bertz CT molecular complexity index is 719. The molecule has 3 rings (SSSR count). The number of carbonyl (C=O) groups is 1. The van der Waals surface area contributed by atoms with Crippen molar-refractivity contribution in [3.63, 3.8) is 0 Å². The van der Waals surface area contributed by atoms with Crippen molar-refractivity contribution in [2.75, 3.05) is 12.4 Å². The van der Waals surface area contributed by atoms with Crippen molar-refractivity contribution >= 4 is 22.8 Å². The van der Waals surface area contributed by atoms with Crippen LogP contribution in [0.1, 0.15) is 40.0 Å². The zero-order chi connectivity index (χ0) is 16.6. The van der Waals surface area contributed by atoms with Crippen LogP contribution in [-0.4, -0.2) is 38.9 Å². The van der Waals surface area contributed by atoms with Crippen LogP contribution in [0.4, 0.5) is 5.82 Å². The summed E-state index contributed by atoms with van der Waals surface area (Å²) >= 11 is 0. The molecule has 1 aliphatic rings. The summed E-state index contributed by atoms with van der Waals surface area (Å²) in [6.45, 7) is 6.27. The molecule has 2 atom stereocenters. The number of fused-ring (bicyclic) bond motifs is 1. The second-order valence-corrected chi connectivity index (χ2v) is 7.06. The van der Waals surface area contributed by atoms with Gasteiger partial charge >= 0.3 is 5.97 Å². The predicted octanol–water partition coefficient (Wildman–Crippen LogP) is 2.33. The average molecular weight is 317 g/mol. The first-order valence-corrected chi connectivity index (χ1v) is 7.93. The van der Waals surface area contributed by atoms with Gasteiger partial charge in [0.25, 0.3) is 0 Å². The van der Waals surface area contributed by atoms with Crippen LogP contribution >= 0.6 is 0 Å². The van der Waals surface area contributed by atoms with E-state index in [1.165, 1.54) is 7.11 Å². The molecule has 1 aliphatic carbocycles. The van der Waals surface area contributed by atoms with Crippen molar-refractivity contribution in [2.24, 2.45) is 5.92 Å². The van der Waals surface area contributed by atoms with Crippen molar-refractivity contribution < 1.29 is 9.53 Å². The minimum absolute atomic E-state index is 0.0212. The molecule has 1 fully saturated rings. The van der Waals surface area contributed by atoms with E-state index in [4.69, 9.17) is 4.74 Å². The molecule has 0 bridgehead atoms. The van der Waals surface area contributed by atoms with E-state index in [1.807, 2.05) is 4.68 Å². The van der Waals surface area contributed by atoms with Gasteiger partial charge in [-0.2, -0.15) is 5.10 Å². The highest BCUT2D eigenvalue weighted by Crippen LogP contribution is 2.31. The van der Waals surface area contributed by atoms with Crippen LogP contribution in [0.3, 0.4) is 0 Å². The van der Waals surface area contributed by atoms with Gasteiger partial charge in [0.1, 0.15) is 12.1 Å². The minimum atomic E-state index is -0.142. The Morgan fingerprint density at radius 1 is 1.35 bits per heavy atom. The number of rotatable bonds is 3. The Labute approximate surface area is 135 Å². The highest BCUT2D eigenvalue weighted by atomic mass is 16.5. The monoisotopic (exact) mass is 317 g/mol. The van der Waals surface area contributed by atoms with Crippen molar-refractivity contribution in [3.8, 4) is 0 Å². The molecule has 124 valence electrons. The SMILES string of the molecule is COC(=O)[C@H]1CC[C@@H](Nc2ncnc3c2cnn3C(C)(C)C)C1. The normalized spacial score (nSPS) is 21.6. The number of hydrogen-bond donors (Lipinski definition) is 1. The van der Waals surface area contributed by atoms with E-state index >= 15 is 0 Å². The van der Waals surface area contributed by atoms with Crippen molar-refractivity contribution in [1.82, 2.24) is 19.7 Å². The standard InChI is InChI=1S/C16H23N5O2/c1-16(2,3)21-14-12(8-19-21)13(17-9-18-14)20-11-6-5-10(7-11)15(22)23-4/h8-11H,5-7H2,1-4H3,(H,17,18,20)/t10-,11+/m0/s1. The zero-order valence-electron chi connectivity index (χ0n) is 14.0. The summed E-state index contributed by atoms with van der Waals surface area (Å²) in [5, 5.41) is 8.81. The van der Waals surface area contributed by atoms with Gasteiger partial charge in [-0.25, -0.2) is 14.6 Å². The number of nitrogens with zero attached hydrogens (tertiary/aromatic N) is 4. The zero-order valence-corrected chi connectivity index (χ0v) is 14.0. The van der Waals surface area contributed by atoms with E-state index in [1.54, 1.807) is 12.5 Å². The fourth-order valence-electron chi connectivity index (χ4n) is 3.14. The topological polar surface area (TPSA) is 81.9 Å². The van der Waals surface area contributed by atoms with Gasteiger partial charge < -0.3 is 10.1 Å². The quantitative estimate of drug-likeness (QED) is 0.875. The number of carbonyl (C=O) groups excluding carboxylic acids is 1. The van der Waals surface area contributed by atoms with Gasteiger partial charge in [-0.3, -0.25) is 4.79 Å². The first kappa shape index (κ1) is 15.7. The number of esters is 1. The molecule has 7 nitrogen and oxygen atoms in total. The lowest BCUT2D eigenvalue weighted by Gasteiger charge is -2.20. The van der Waals surface area contributed by atoms with Gasteiger partial charge in [0, 0.05) is 6.04 Å². The van der Waals surface area contributed by atoms with Crippen LogP contribution in [0.15, 0.2) is 12.5 Å². The third-order valence-corrected chi connectivity index (χ3v) is 4.31. The smallest absolute Gasteiger partial charge is 0.308 e. The van der Waals surface area contributed by atoms with E-state index in [0.29, 0.717) is 0 Å². The molecule has 0 radical (unpaired) electrons. The second kappa shape index (κ2) is 5.79. The summed E-state index contributed by atoms with van der Waals surface area (Å²) in [5.41, 5.74) is 0.675. The van der Waals surface area contributed by atoms with Gasteiger partial charge in [0.2, 0.25) is 0 Å². The lowest BCUT2D eigenvalue weighted by molar-refractivity contribution is -0.145. The number of aromatic nitrogens is 4. The van der Waals surface area contributed by atoms with E-state index < -0.39 is 0 Å². The summed E-state index contributed by atoms with van der Waals surface area (Å²) in [6, 6.07) is 0.218. The van der Waals surface area contributed by atoms with Crippen LogP contribution in [-0.2, 0) is 15.1 Å². The molecule has 2 heterocycles. The fourth-order valence-corrected chi connectivity index (χ4v) is 3.14. The molecular weight excluding hydrogens is 294 g/mol. The number of nitrogens with one attached hydrogen (secondary N) is 1. The Balaban J connectivity index is 1.82. The van der Waals surface area contributed by atoms with Crippen LogP contribution in [0.2, 0.25) is 0 Å². The summed E-state index contributed by atoms with van der Waals surface area (Å²) in [7, 11) is 1.44. The second-order valence-electron chi connectivity index (χ2n) is 7.06. The van der Waals surface area contributed by atoms with Gasteiger partial charge in [-0.05, 0) is 40.0 Å². The Hall–Kier alpha value is -2.18. The summed E-state index contributed by atoms with van der Waals surface area (Å²) in [6.07, 6.45) is 5.90. The Morgan fingerprint density at radius 3 is 2.83 bits per heavy atom. The molecule has 2 aromatic rings. The average Bonchev–Trinajstić information content (AvgIpc) is 3.13. The molecule has 1 N–H and O–H groups in total. The minimum Gasteiger partial charge on any atom is -0.469 e. The highest BCUT2D eigenvalue weighted by molar-refractivity contribution is 5.86.